The molecule has 0 heterocycles. The van der Waals surface area contributed by atoms with Gasteiger partial charge in [-0.2, -0.15) is 0 Å². The van der Waals surface area contributed by atoms with E-state index in [4.69, 9.17) is 0 Å². The Morgan fingerprint density at radius 1 is 0.857 bits per heavy atom. The van der Waals surface area contributed by atoms with E-state index in [1.54, 1.807) is 0 Å². The molecular weight excluding hydrogens is 176 g/mol. The molecule has 3 rings (SSSR count). The lowest BCUT2D eigenvalue weighted by Gasteiger charge is -2.59. The first-order valence-electron chi connectivity index (χ1n) is 5.77. The molecule has 2 N–H and O–H groups in total. The van der Waals surface area contributed by atoms with Crippen LogP contribution in [0.5, 0.6) is 0 Å². The molecule has 0 spiro atoms. The predicted molar refractivity (Wildman–Crippen MR) is 55.8 cm³/mol. The van der Waals surface area contributed by atoms with Crippen LogP contribution in [0, 0.1) is 22.7 Å². The van der Waals surface area contributed by atoms with Crippen molar-refractivity contribution in [2.45, 2.75) is 39.5 Å². The zero-order valence-electron chi connectivity index (χ0n) is 9.29. The van der Waals surface area contributed by atoms with Crippen LogP contribution in [0.3, 0.4) is 0 Å². The van der Waals surface area contributed by atoms with Gasteiger partial charge < -0.3 is 10.2 Å². The lowest BCUT2D eigenvalue weighted by Crippen LogP contribution is -2.54. The molecular formula is C12H22O2. The molecule has 2 unspecified atom stereocenters. The van der Waals surface area contributed by atoms with Crippen LogP contribution in [0.1, 0.15) is 39.5 Å². The van der Waals surface area contributed by atoms with Crippen LogP contribution in [0.2, 0.25) is 0 Å². The van der Waals surface area contributed by atoms with Gasteiger partial charge >= 0.3 is 0 Å². The minimum Gasteiger partial charge on any atom is -0.396 e. The average Bonchev–Trinajstić information content (AvgIpc) is 2.18. The van der Waals surface area contributed by atoms with Gasteiger partial charge in [-0.15, -0.1) is 0 Å². The second kappa shape index (κ2) is 3.21. The van der Waals surface area contributed by atoms with Crippen molar-refractivity contribution in [2.75, 3.05) is 13.2 Å². The fourth-order valence-corrected chi connectivity index (χ4v) is 3.80. The van der Waals surface area contributed by atoms with Crippen LogP contribution in [-0.2, 0) is 0 Å². The van der Waals surface area contributed by atoms with E-state index in [2.05, 4.69) is 13.8 Å². The van der Waals surface area contributed by atoms with Gasteiger partial charge in [0.15, 0.2) is 0 Å². The standard InChI is InChI=1S/C12H22O2/c1-11-3-5-12(2,6-4-11)10(8-14)9(11)7-13/h9-10,13-14H,3-8H2,1-2H3. The highest BCUT2D eigenvalue weighted by atomic mass is 16.3. The van der Waals surface area contributed by atoms with Crippen molar-refractivity contribution in [3.05, 3.63) is 0 Å². The molecule has 0 aromatic carbocycles. The number of aliphatic hydroxyl groups excluding tert-OH is 2. The summed E-state index contributed by atoms with van der Waals surface area (Å²) in [6, 6.07) is 0. The molecule has 0 aromatic rings. The molecule has 3 fully saturated rings. The van der Waals surface area contributed by atoms with E-state index in [0.29, 0.717) is 22.7 Å². The summed E-state index contributed by atoms with van der Waals surface area (Å²) in [6.07, 6.45) is 4.91. The molecule has 3 aliphatic rings. The van der Waals surface area contributed by atoms with E-state index in [0.717, 1.165) is 0 Å². The Hall–Kier alpha value is -0.0800. The van der Waals surface area contributed by atoms with E-state index in [-0.39, 0.29) is 13.2 Å². The second-order valence-corrected chi connectivity index (χ2v) is 5.89. The van der Waals surface area contributed by atoms with Gasteiger partial charge in [-0.25, -0.2) is 0 Å². The molecule has 3 saturated carbocycles. The number of hydrogen-bond acceptors (Lipinski definition) is 2. The van der Waals surface area contributed by atoms with Gasteiger partial charge in [0.25, 0.3) is 0 Å². The summed E-state index contributed by atoms with van der Waals surface area (Å²) in [5, 5.41) is 19.0. The van der Waals surface area contributed by atoms with Crippen molar-refractivity contribution in [1.29, 1.82) is 0 Å². The summed E-state index contributed by atoms with van der Waals surface area (Å²) in [5.41, 5.74) is 0.583. The third-order valence-electron chi connectivity index (χ3n) is 5.20. The number of aliphatic hydroxyl groups is 2. The van der Waals surface area contributed by atoms with Crippen LogP contribution in [-0.4, -0.2) is 23.4 Å². The second-order valence-electron chi connectivity index (χ2n) is 5.89. The van der Waals surface area contributed by atoms with E-state index in [9.17, 15) is 10.2 Å². The number of hydrogen-bond donors (Lipinski definition) is 2. The minimum atomic E-state index is 0.247. The summed E-state index contributed by atoms with van der Waals surface area (Å²) < 4.78 is 0. The van der Waals surface area contributed by atoms with Gasteiger partial charge in [0.1, 0.15) is 0 Å². The van der Waals surface area contributed by atoms with E-state index in [1.165, 1.54) is 25.7 Å². The van der Waals surface area contributed by atoms with E-state index < -0.39 is 0 Å². The maximum atomic E-state index is 9.48. The monoisotopic (exact) mass is 198 g/mol. The van der Waals surface area contributed by atoms with Gasteiger partial charge in [0, 0.05) is 13.2 Å². The van der Waals surface area contributed by atoms with Crippen molar-refractivity contribution in [2.24, 2.45) is 22.7 Å². The van der Waals surface area contributed by atoms with Crippen molar-refractivity contribution in [3.8, 4) is 0 Å². The molecule has 0 saturated heterocycles. The van der Waals surface area contributed by atoms with Crippen LogP contribution < -0.4 is 0 Å². The summed E-state index contributed by atoms with van der Waals surface area (Å²) in [6.45, 7) is 5.07. The van der Waals surface area contributed by atoms with Gasteiger partial charge in [-0.3, -0.25) is 0 Å². The Morgan fingerprint density at radius 3 is 1.36 bits per heavy atom. The maximum Gasteiger partial charge on any atom is 0.0468 e. The van der Waals surface area contributed by atoms with Crippen LogP contribution in [0.15, 0.2) is 0 Å². The molecule has 82 valence electrons. The van der Waals surface area contributed by atoms with Crippen molar-refractivity contribution >= 4 is 0 Å². The van der Waals surface area contributed by atoms with Crippen LogP contribution in [0.4, 0.5) is 0 Å². The van der Waals surface area contributed by atoms with Gasteiger partial charge in [-0.1, -0.05) is 13.8 Å². The topological polar surface area (TPSA) is 40.5 Å². The Labute approximate surface area is 86.3 Å². The smallest absolute Gasteiger partial charge is 0.0468 e. The largest absolute Gasteiger partial charge is 0.396 e. The molecule has 2 bridgehead atoms. The first kappa shape index (κ1) is 10.4. The van der Waals surface area contributed by atoms with Gasteiger partial charge in [0.05, 0.1) is 0 Å². The molecule has 2 atom stereocenters. The fraction of sp³-hybridized carbons (Fsp3) is 1.00. The highest BCUT2D eigenvalue weighted by Crippen LogP contribution is 2.61. The summed E-state index contributed by atoms with van der Waals surface area (Å²) in [7, 11) is 0. The normalized spacial score (nSPS) is 52.3. The molecule has 2 nitrogen and oxygen atoms in total. The quantitative estimate of drug-likeness (QED) is 0.710. The molecule has 0 aromatic heterocycles. The zero-order chi connectivity index (χ0) is 10.4. The van der Waals surface area contributed by atoms with Crippen molar-refractivity contribution < 1.29 is 10.2 Å². The molecule has 0 aliphatic heterocycles. The Kier molecular flexibility index (Phi) is 2.39. The Morgan fingerprint density at radius 2 is 1.14 bits per heavy atom. The highest BCUT2D eigenvalue weighted by Gasteiger charge is 2.55. The van der Waals surface area contributed by atoms with Gasteiger partial charge in [-0.05, 0) is 48.3 Å². The van der Waals surface area contributed by atoms with Crippen molar-refractivity contribution in [1.82, 2.24) is 0 Å². The third kappa shape index (κ3) is 1.24. The molecule has 0 radical (unpaired) electrons. The van der Waals surface area contributed by atoms with Gasteiger partial charge in [0.2, 0.25) is 0 Å². The summed E-state index contributed by atoms with van der Waals surface area (Å²) >= 11 is 0. The van der Waals surface area contributed by atoms with E-state index >= 15 is 0 Å². The zero-order valence-corrected chi connectivity index (χ0v) is 9.29. The first-order valence-corrected chi connectivity index (χ1v) is 5.77. The molecule has 3 aliphatic carbocycles. The lowest BCUT2D eigenvalue weighted by molar-refractivity contribution is -0.135. The Balaban J connectivity index is 2.30. The molecule has 2 heteroatoms. The van der Waals surface area contributed by atoms with Crippen LogP contribution in [0.25, 0.3) is 0 Å². The van der Waals surface area contributed by atoms with E-state index in [1.807, 2.05) is 0 Å². The predicted octanol–water partition coefficient (Wildman–Crippen LogP) is 1.80. The molecule has 0 amide bonds. The summed E-state index contributed by atoms with van der Waals surface area (Å²) in [5.74, 6) is 0.639. The summed E-state index contributed by atoms with van der Waals surface area (Å²) in [4.78, 5) is 0. The average molecular weight is 198 g/mol. The molecule has 14 heavy (non-hydrogen) atoms. The lowest BCUT2D eigenvalue weighted by atomic mass is 9.46. The number of rotatable bonds is 2. The Bertz CT molecular complexity index is 192. The first-order chi connectivity index (χ1) is 6.56. The minimum absolute atomic E-state index is 0.247. The third-order valence-corrected chi connectivity index (χ3v) is 5.20. The highest BCUT2D eigenvalue weighted by molar-refractivity contribution is 5.04. The van der Waals surface area contributed by atoms with Crippen molar-refractivity contribution in [3.63, 3.8) is 0 Å². The fourth-order valence-electron chi connectivity index (χ4n) is 3.80. The number of fused-ring (bicyclic) bond motifs is 3. The SMILES string of the molecule is CC12CCC(C)(CC1)C(CO)C2CO. The maximum absolute atomic E-state index is 9.48. The van der Waals surface area contributed by atoms with Crippen LogP contribution >= 0.6 is 0 Å².